The van der Waals surface area contributed by atoms with Crippen molar-refractivity contribution in [1.82, 2.24) is 14.8 Å². The van der Waals surface area contributed by atoms with Gasteiger partial charge in [-0.05, 0) is 25.5 Å². The van der Waals surface area contributed by atoms with Gasteiger partial charge in [0.25, 0.3) is 5.91 Å². The van der Waals surface area contributed by atoms with Crippen molar-refractivity contribution in [2.75, 3.05) is 47.0 Å². The molecule has 0 unspecified atom stereocenters. The molecule has 0 N–H and O–H groups in total. The third kappa shape index (κ3) is 3.45. The second-order valence-corrected chi connectivity index (χ2v) is 6.71. The summed E-state index contributed by atoms with van der Waals surface area (Å²) in [6.07, 6.45) is 1.10. The number of likely N-dealkylation sites (tertiary alicyclic amines) is 2. The van der Waals surface area contributed by atoms with E-state index in [0.717, 1.165) is 38.3 Å². The minimum atomic E-state index is 0.0387. The maximum atomic E-state index is 13.0. The van der Waals surface area contributed by atoms with Gasteiger partial charge in [-0.2, -0.15) is 0 Å². The average Bonchev–Trinajstić information content (AvgIpc) is 3.02. The van der Waals surface area contributed by atoms with Gasteiger partial charge in [-0.15, -0.1) is 0 Å². The standard InChI is InChI=1S/C18H27N3O3/c1-13-5-4-6-15(19-13)18(22)21-8-7-17(24-3)14-11-20(9-10-23-2)12-16(14)21/h4-6,14,16-17H,7-12H2,1-3H3/t14-,16+,17-/m1/s1. The number of carbonyl (C=O) groups excluding carboxylic acids is 1. The zero-order valence-electron chi connectivity index (χ0n) is 14.8. The van der Waals surface area contributed by atoms with Crippen LogP contribution in [0.25, 0.3) is 0 Å². The molecule has 3 heterocycles. The lowest BCUT2D eigenvalue weighted by Crippen LogP contribution is -2.53. The predicted octanol–water partition coefficient (Wildman–Crippen LogP) is 1.20. The highest BCUT2D eigenvalue weighted by atomic mass is 16.5. The number of fused-ring (bicyclic) bond motifs is 1. The Morgan fingerprint density at radius 3 is 2.88 bits per heavy atom. The van der Waals surface area contributed by atoms with E-state index >= 15 is 0 Å². The van der Waals surface area contributed by atoms with E-state index in [0.29, 0.717) is 18.2 Å². The summed E-state index contributed by atoms with van der Waals surface area (Å²) in [6.45, 7) is 6.09. The van der Waals surface area contributed by atoms with Crippen LogP contribution in [-0.4, -0.2) is 79.8 Å². The van der Waals surface area contributed by atoms with Crippen LogP contribution in [-0.2, 0) is 9.47 Å². The largest absolute Gasteiger partial charge is 0.383 e. The Bertz CT molecular complexity index is 580. The van der Waals surface area contributed by atoms with E-state index < -0.39 is 0 Å². The zero-order chi connectivity index (χ0) is 17.1. The zero-order valence-corrected chi connectivity index (χ0v) is 14.8. The van der Waals surface area contributed by atoms with Crippen LogP contribution in [0.5, 0.6) is 0 Å². The van der Waals surface area contributed by atoms with Gasteiger partial charge < -0.3 is 14.4 Å². The van der Waals surface area contributed by atoms with E-state index in [2.05, 4.69) is 9.88 Å². The molecule has 1 aromatic heterocycles. The van der Waals surface area contributed by atoms with Crippen molar-refractivity contribution in [2.45, 2.75) is 25.5 Å². The third-order valence-corrected chi connectivity index (χ3v) is 5.22. The van der Waals surface area contributed by atoms with Gasteiger partial charge >= 0.3 is 0 Å². The average molecular weight is 333 g/mol. The van der Waals surface area contributed by atoms with E-state index in [9.17, 15) is 4.79 Å². The lowest BCUT2D eigenvalue weighted by Gasteiger charge is -2.41. The molecule has 1 amide bonds. The molecule has 0 aliphatic carbocycles. The molecule has 132 valence electrons. The van der Waals surface area contributed by atoms with Gasteiger partial charge in [0.1, 0.15) is 5.69 Å². The Balaban J connectivity index is 1.77. The monoisotopic (exact) mass is 333 g/mol. The molecule has 0 aromatic carbocycles. The highest BCUT2D eigenvalue weighted by Crippen LogP contribution is 2.33. The molecule has 6 heteroatoms. The first-order chi connectivity index (χ1) is 11.6. The number of nitrogens with zero attached hydrogens (tertiary/aromatic N) is 3. The number of methoxy groups -OCH3 is 2. The highest BCUT2D eigenvalue weighted by Gasteiger charge is 2.46. The summed E-state index contributed by atoms with van der Waals surface area (Å²) in [4.78, 5) is 21.8. The van der Waals surface area contributed by atoms with Crippen LogP contribution < -0.4 is 0 Å². The number of amides is 1. The van der Waals surface area contributed by atoms with Gasteiger partial charge in [0.2, 0.25) is 0 Å². The maximum absolute atomic E-state index is 13.0. The van der Waals surface area contributed by atoms with E-state index in [4.69, 9.17) is 9.47 Å². The smallest absolute Gasteiger partial charge is 0.272 e. The molecule has 3 rings (SSSR count). The van der Waals surface area contributed by atoms with Crippen molar-refractivity contribution < 1.29 is 14.3 Å². The van der Waals surface area contributed by atoms with E-state index in [1.54, 1.807) is 14.2 Å². The van der Waals surface area contributed by atoms with Crippen LogP contribution in [0, 0.1) is 12.8 Å². The van der Waals surface area contributed by atoms with Crippen molar-refractivity contribution in [1.29, 1.82) is 0 Å². The topological polar surface area (TPSA) is 54.9 Å². The van der Waals surface area contributed by atoms with Crippen LogP contribution in [0.1, 0.15) is 22.6 Å². The highest BCUT2D eigenvalue weighted by molar-refractivity contribution is 5.92. The first-order valence-corrected chi connectivity index (χ1v) is 8.62. The fourth-order valence-corrected chi connectivity index (χ4v) is 3.99. The number of pyridine rings is 1. The Kier molecular flexibility index (Phi) is 5.48. The minimum absolute atomic E-state index is 0.0387. The fraction of sp³-hybridized carbons (Fsp3) is 0.667. The number of aromatic nitrogens is 1. The Hall–Kier alpha value is -1.50. The van der Waals surface area contributed by atoms with Crippen LogP contribution >= 0.6 is 0 Å². The Morgan fingerprint density at radius 1 is 1.33 bits per heavy atom. The van der Waals surface area contributed by atoms with Crippen molar-refractivity contribution in [3.05, 3.63) is 29.6 Å². The van der Waals surface area contributed by atoms with Gasteiger partial charge in [-0.1, -0.05) is 6.07 Å². The Labute approximate surface area is 143 Å². The number of carbonyl (C=O) groups is 1. The number of hydrogen-bond donors (Lipinski definition) is 0. The van der Waals surface area contributed by atoms with Crippen molar-refractivity contribution in [3.8, 4) is 0 Å². The van der Waals surface area contributed by atoms with Crippen LogP contribution in [0.2, 0.25) is 0 Å². The summed E-state index contributed by atoms with van der Waals surface area (Å²) < 4.78 is 10.9. The molecular formula is C18H27N3O3. The molecule has 24 heavy (non-hydrogen) atoms. The maximum Gasteiger partial charge on any atom is 0.272 e. The summed E-state index contributed by atoms with van der Waals surface area (Å²) in [5.41, 5.74) is 1.41. The normalized spacial score (nSPS) is 27.3. The molecule has 0 spiro atoms. The van der Waals surface area contributed by atoms with E-state index in [-0.39, 0.29) is 18.1 Å². The first-order valence-electron chi connectivity index (χ1n) is 8.62. The molecule has 0 radical (unpaired) electrons. The lowest BCUT2D eigenvalue weighted by atomic mass is 9.88. The van der Waals surface area contributed by atoms with Gasteiger partial charge in [0.05, 0.1) is 18.8 Å². The molecule has 2 fully saturated rings. The molecule has 0 saturated carbocycles. The Morgan fingerprint density at radius 2 is 2.17 bits per heavy atom. The number of aryl methyl sites for hydroxylation is 1. The number of ether oxygens (including phenoxy) is 2. The van der Waals surface area contributed by atoms with E-state index in [1.165, 1.54) is 0 Å². The molecular weight excluding hydrogens is 306 g/mol. The van der Waals surface area contributed by atoms with Crippen molar-refractivity contribution in [3.63, 3.8) is 0 Å². The summed E-state index contributed by atoms with van der Waals surface area (Å²) >= 11 is 0. The summed E-state index contributed by atoms with van der Waals surface area (Å²) in [5, 5.41) is 0. The third-order valence-electron chi connectivity index (χ3n) is 5.22. The molecule has 6 nitrogen and oxygen atoms in total. The van der Waals surface area contributed by atoms with Gasteiger partial charge in [-0.3, -0.25) is 9.69 Å². The molecule has 1 aromatic rings. The number of rotatable bonds is 5. The number of hydrogen-bond acceptors (Lipinski definition) is 5. The fourth-order valence-electron chi connectivity index (χ4n) is 3.99. The SMILES string of the molecule is COCCN1C[C@H]2[C@H](OC)CCN(C(=O)c3cccc(C)n3)[C@H]2C1. The van der Waals surface area contributed by atoms with Gasteiger partial charge in [-0.25, -0.2) is 4.98 Å². The minimum Gasteiger partial charge on any atom is -0.383 e. The second kappa shape index (κ2) is 7.59. The molecule has 2 aliphatic heterocycles. The second-order valence-electron chi connectivity index (χ2n) is 6.71. The first kappa shape index (κ1) is 17.3. The molecule has 0 bridgehead atoms. The van der Waals surface area contributed by atoms with Crippen LogP contribution in [0.4, 0.5) is 0 Å². The van der Waals surface area contributed by atoms with E-state index in [1.807, 2.05) is 30.0 Å². The van der Waals surface area contributed by atoms with Crippen LogP contribution in [0.15, 0.2) is 18.2 Å². The lowest BCUT2D eigenvalue weighted by molar-refractivity contribution is -0.0159. The molecule has 2 aliphatic rings. The van der Waals surface area contributed by atoms with Gasteiger partial charge in [0.15, 0.2) is 0 Å². The summed E-state index contributed by atoms with van der Waals surface area (Å²) in [7, 11) is 3.50. The number of piperidine rings is 1. The summed E-state index contributed by atoms with van der Waals surface area (Å²) in [6, 6.07) is 5.81. The quantitative estimate of drug-likeness (QED) is 0.810. The van der Waals surface area contributed by atoms with Gasteiger partial charge in [0, 0.05) is 52.0 Å². The van der Waals surface area contributed by atoms with Crippen molar-refractivity contribution >= 4 is 5.91 Å². The molecule has 2 saturated heterocycles. The summed E-state index contributed by atoms with van der Waals surface area (Å²) in [5.74, 6) is 0.395. The molecule has 3 atom stereocenters. The van der Waals surface area contributed by atoms with Crippen molar-refractivity contribution in [2.24, 2.45) is 5.92 Å². The van der Waals surface area contributed by atoms with Crippen LogP contribution in [0.3, 0.4) is 0 Å². The predicted molar refractivity (Wildman–Crippen MR) is 91.0 cm³/mol.